The standard InChI is InChI=1S/C18H16F2N2O4/c1-2-24-16-9-12(10-21)7-8-15(16)25-11-17(23)22-13-5-3-4-6-14(13)26-18(19)20/h3-9,18H,2,11H2,1H3,(H,22,23). The van der Waals surface area contributed by atoms with Crippen molar-refractivity contribution in [2.75, 3.05) is 18.5 Å². The van der Waals surface area contributed by atoms with Gasteiger partial charge in [-0.05, 0) is 31.2 Å². The third-order valence-electron chi connectivity index (χ3n) is 3.11. The summed E-state index contributed by atoms with van der Waals surface area (Å²) in [5, 5.41) is 11.4. The highest BCUT2D eigenvalue weighted by Gasteiger charge is 2.13. The number of alkyl halides is 2. The second kappa shape index (κ2) is 9.22. The second-order valence-electron chi connectivity index (χ2n) is 4.92. The van der Waals surface area contributed by atoms with Crippen LogP contribution in [0.5, 0.6) is 17.2 Å². The number of ether oxygens (including phenoxy) is 3. The summed E-state index contributed by atoms with van der Waals surface area (Å²) in [6.45, 7) is -1.25. The molecule has 0 unspecified atom stereocenters. The second-order valence-corrected chi connectivity index (χ2v) is 4.92. The molecular formula is C18H16F2N2O4. The number of benzene rings is 2. The summed E-state index contributed by atoms with van der Waals surface area (Å²) in [5.74, 6) is -0.0924. The molecule has 136 valence electrons. The molecule has 0 saturated heterocycles. The smallest absolute Gasteiger partial charge is 0.387 e. The quantitative estimate of drug-likeness (QED) is 0.776. The van der Waals surface area contributed by atoms with Gasteiger partial charge in [-0.2, -0.15) is 14.0 Å². The molecule has 0 aliphatic carbocycles. The van der Waals surface area contributed by atoms with Crippen LogP contribution in [0.3, 0.4) is 0 Å². The normalized spacial score (nSPS) is 10.1. The molecule has 0 heterocycles. The Labute approximate surface area is 148 Å². The minimum Gasteiger partial charge on any atom is -0.490 e. The predicted molar refractivity (Wildman–Crippen MR) is 89.5 cm³/mol. The Bertz CT molecular complexity index is 806. The number of hydrogen-bond donors (Lipinski definition) is 1. The fourth-order valence-corrected chi connectivity index (χ4v) is 2.06. The van der Waals surface area contributed by atoms with Crippen LogP contribution in [0.2, 0.25) is 0 Å². The zero-order valence-electron chi connectivity index (χ0n) is 13.9. The molecule has 0 aliphatic heterocycles. The minimum atomic E-state index is -3.00. The van der Waals surface area contributed by atoms with Crippen LogP contribution >= 0.6 is 0 Å². The maximum absolute atomic E-state index is 12.4. The molecule has 6 nitrogen and oxygen atoms in total. The molecule has 1 N–H and O–H groups in total. The van der Waals surface area contributed by atoms with E-state index in [0.29, 0.717) is 17.9 Å². The first-order valence-electron chi connectivity index (χ1n) is 7.67. The van der Waals surface area contributed by atoms with Crippen molar-refractivity contribution < 1.29 is 27.8 Å². The van der Waals surface area contributed by atoms with Gasteiger partial charge in [0.25, 0.3) is 5.91 Å². The number of nitriles is 1. The molecule has 0 aliphatic rings. The SMILES string of the molecule is CCOc1cc(C#N)ccc1OCC(=O)Nc1ccccc1OC(F)F. The van der Waals surface area contributed by atoms with Crippen LogP contribution < -0.4 is 19.5 Å². The van der Waals surface area contributed by atoms with Crippen LogP contribution in [0.4, 0.5) is 14.5 Å². The molecule has 26 heavy (non-hydrogen) atoms. The lowest BCUT2D eigenvalue weighted by Gasteiger charge is -2.14. The molecule has 0 aromatic heterocycles. The van der Waals surface area contributed by atoms with Crippen molar-refractivity contribution >= 4 is 11.6 Å². The molecular weight excluding hydrogens is 346 g/mol. The third-order valence-corrected chi connectivity index (χ3v) is 3.11. The number of carbonyl (C=O) groups excluding carboxylic acids is 1. The first kappa shape index (κ1) is 19.0. The van der Waals surface area contributed by atoms with E-state index in [9.17, 15) is 13.6 Å². The molecule has 0 fully saturated rings. The highest BCUT2D eigenvalue weighted by atomic mass is 19.3. The van der Waals surface area contributed by atoms with Gasteiger partial charge in [-0.1, -0.05) is 12.1 Å². The summed E-state index contributed by atoms with van der Waals surface area (Å²) < 4.78 is 39.9. The van der Waals surface area contributed by atoms with Gasteiger partial charge in [0.2, 0.25) is 0 Å². The zero-order chi connectivity index (χ0) is 18.9. The Morgan fingerprint density at radius 2 is 1.92 bits per heavy atom. The van der Waals surface area contributed by atoms with Crippen molar-refractivity contribution in [3.63, 3.8) is 0 Å². The van der Waals surface area contributed by atoms with Crippen molar-refractivity contribution in [3.05, 3.63) is 48.0 Å². The molecule has 0 spiro atoms. The van der Waals surface area contributed by atoms with Gasteiger partial charge in [0.15, 0.2) is 18.1 Å². The Kier molecular flexibility index (Phi) is 6.74. The highest BCUT2D eigenvalue weighted by Crippen LogP contribution is 2.29. The number of nitrogens with one attached hydrogen (secondary N) is 1. The molecule has 0 bridgehead atoms. The van der Waals surface area contributed by atoms with Gasteiger partial charge in [-0.3, -0.25) is 4.79 Å². The van der Waals surface area contributed by atoms with Crippen LogP contribution in [0.1, 0.15) is 12.5 Å². The number of carbonyl (C=O) groups is 1. The molecule has 0 saturated carbocycles. The number of anilines is 1. The van der Waals surface area contributed by atoms with E-state index in [0.717, 1.165) is 0 Å². The first-order chi connectivity index (χ1) is 12.5. The number of rotatable bonds is 8. The van der Waals surface area contributed by atoms with Gasteiger partial charge in [0.05, 0.1) is 23.9 Å². The van der Waals surface area contributed by atoms with Gasteiger partial charge in [0.1, 0.15) is 5.75 Å². The minimum absolute atomic E-state index is 0.103. The summed E-state index contributed by atoms with van der Waals surface area (Å²) >= 11 is 0. The van der Waals surface area contributed by atoms with Crippen LogP contribution in [0.25, 0.3) is 0 Å². The Morgan fingerprint density at radius 1 is 1.15 bits per heavy atom. The van der Waals surface area contributed by atoms with Crippen LogP contribution in [0, 0.1) is 11.3 Å². The van der Waals surface area contributed by atoms with Crippen molar-refractivity contribution in [3.8, 4) is 23.3 Å². The van der Waals surface area contributed by atoms with E-state index < -0.39 is 12.5 Å². The summed E-state index contributed by atoms with van der Waals surface area (Å²) in [6.07, 6.45) is 0. The van der Waals surface area contributed by atoms with E-state index >= 15 is 0 Å². The maximum atomic E-state index is 12.4. The fourth-order valence-electron chi connectivity index (χ4n) is 2.06. The van der Waals surface area contributed by atoms with Gasteiger partial charge in [0, 0.05) is 6.07 Å². The number of amides is 1. The average molecular weight is 362 g/mol. The molecule has 0 radical (unpaired) electrons. The summed E-state index contributed by atoms with van der Waals surface area (Å²) in [7, 11) is 0. The Morgan fingerprint density at radius 3 is 2.62 bits per heavy atom. The summed E-state index contributed by atoms with van der Waals surface area (Å²) in [6, 6.07) is 12.4. The molecule has 2 rings (SSSR count). The van der Waals surface area contributed by atoms with Crippen molar-refractivity contribution in [2.45, 2.75) is 13.5 Å². The van der Waals surface area contributed by atoms with Gasteiger partial charge >= 0.3 is 6.61 Å². The zero-order valence-corrected chi connectivity index (χ0v) is 13.9. The van der Waals surface area contributed by atoms with Crippen molar-refractivity contribution in [2.24, 2.45) is 0 Å². The number of hydrogen-bond acceptors (Lipinski definition) is 5. The van der Waals surface area contributed by atoms with Crippen LogP contribution in [-0.2, 0) is 4.79 Å². The van der Waals surface area contributed by atoms with E-state index in [1.54, 1.807) is 13.0 Å². The Balaban J connectivity index is 2.03. The molecule has 0 atom stereocenters. The van der Waals surface area contributed by atoms with Crippen LogP contribution in [-0.4, -0.2) is 25.7 Å². The average Bonchev–Trinajstić information content (AvgIpc) is 2.62. The largest absolute Gasteiger partial charge is 0.490 e. The predicted octanol–water partition coefficient (Wildman–Crippen LogP) is 3.58. The first-order valence-corrected chi connectivity index (χ1v) is 7.67. The lowest BCUT2D eigenvalue weighted by Crippen LogP contribution is -2.21. The third kappa shape index (κ3) is 5.34. The van der Waals surface area contributed by atoms with Gasteiger partial charge in [-0.15, -0.1) is 0 Å². The number of nitrogens with zero attached hydrogens (tertiary/aromatic N) is 1. The fraction of sp³-hybridized carbons (Fsp3) is 0.222. The lowest BCUT2D eigenvalue weighted by atomic mass is 10.2. The molecule has 2 aromatic carbocycles. The lowest BCUT2D eigenvalue weighted by molar-refractivity contribution is -0.118. The van der Waals surface area contributed by atoms with Crippen LogP contribution in [0.15, 0.2) is 42.5 Å². The van der Waals surface area contributed by atoms with E-state index in [1.807, 2.05) is 6.07 Å². The maximum Gasteiger partial charge on any atom is 0.387 e. The van der Waals surface area contributed by atoms with Crippen molar-refractivity contribution in [1.82, 2.24) is 0 Å². The number of para-hydroxylation sites is 2. The van der Waals surface area contributed by atoms with Gasteiger partial charge in [-0.25, -0.2) is 0 Å². The monoisotopic (exact) mass is 362 g/mol. The topological polar surface area (TPSA) is 80.6 Å². The highest BCUT2D eigenvalue weighted by molar-refractivity contribution is 5.93. The Hall–Kier alpha value is -3.34. The molecule has 2 aromatic rings. The van der Waals surface area contributed by atoms with Crippen molar-refractivity contribution in [1.29, 1.82) is 5.26 Å². The van der Waals surface area contributed by atoms with E-state index in [2.05, 4.69) is 10.1 Å². The van der Waals surface area contributed by atoms with E-state index in [1.165, 1.54) is 36.4 Å². The summed E-state index contributed by atoms with van der Waals surface area (Å²) in [4.78, 5) is 12.0. The summed E-state index contributed by atoms with van der Waals surface area (Å²) in [5.41, 5.74) is 0.495. The van der Waals surface area contributed by atoms with E-state index in [4.69, 9.17) is 14.7 Å². The molecule has 8 heteroatoms. The molecule has 1 amide bonds. The van der Waals surface area contributed by atoms with Gasteiger partial charge < -0.3 is 19.5 Å². The number of halogens is 2. The van der Waals surface area contributed by atoms with E-state index in [-0.39, 0.29) is 23.8 Å².